The average molecular weight is 332 g/mol. The number of piperidine rings is 1. The van der Waals surface area contributed by atoms with Crippen LogP contribution in [0.15, 0.2) is 24.3 Å². The van der Waals surface area contributed by atoms with Crippen molar-refractivity contribution in [2.45, 2.75) is 25.4 Å². The lowest BCUT2D eigenvalue weighted by Crippen LogP contribution is -2.49. The van der Waals surface area contributed by atoms with Crippen molar-refractivity contribution < 1.29 is 14.3 Å². The van der Waals surface area contributed by atoms with Gasteiger partial charge >= 0.3 is 12.1 Å². The number of urea groups is 2. The van der Waals surface area contributed by atoms with Gasteiger partial charge in [-0.3, -0.25) is 0 Å². The van der Waals surface area contributed by atoms with Crippen molar-refractivity contribution in [3.8, 4) is 5.75 Å². The van der Waals surface area contributed by atoms with Crippen LogP contribution < -0.4 is 21.1 Å². The van der Waals surface area contributed by atoms with Gasteiger partial charge in [-0.15, -0.1) is 0 Å². The summed E-state index contributed by atoms with van der Waals surface area (Å²) in [6, 6.07) is 7.37. The second-order valence-electron chi connectivity index (χ2n) is 6.44. The summed E-state index contributed by atoms with van der Waals surface area (Å²) in [5.41, 5.74) is 6.29. The van der Waals surface area contributed by atoms with E-state index in [9.17, 15) is 9.59 Å². The normalized spacial score (nSPS) is 22.4. The van der Waals surface area contributed by atoms with Gasteiger partial charge < -0.3 is 26.0 Å². The predicted molar refractivity (Wildman–Crippen MR) is 89.8 cm³/mol. The molecule has 0 aliphatic carbocycles. The number of carbonyl (C=O) groups excluding carboxylic acids is 2. The molecule has 0 unspecified atom stereocenters. The number of likely N-dealkylation sites (tertiary alicyclic amines) is 1. The zero-order valence-corrected chi connectivity index (χ0v) is 13.7. The third-order valence-corrected chi connectivity index (χ3v) is 4.57. The van der Waals surface area contributed by atoms with Crippen molar-refractivity contribution in [2.24, 2.45) is 11.7 Å². The third-order valence-electron chi connectivity index (χ3n) is 4.57. The van der Waals surface area contributed by atoms with Crippen LogP contribution in [0.4, 0.5) is 9.59 Å². The lowest BCUT2D eigenvalue weighted by atomic mass is 9.98. The highest BCUT2D eigenvalue weighted by atomic mass is 16.5. The second kappa shape index (κ2) is 7.42. The Hall–Kier alpha value is -2.44. The number of carbonyl (C=O) groups is 2. The molecular weight excluding hydrogens is 308 g/mol. The first-order valence-electron chi connectivity index (χ1n) is 8.42. The second-order valence-corrected chi connectivity index (χ2v) is 6.44. The molecule has 1 aromatic rings. The van der Waals surface area contributed by atoms with Gasteiger partial charge in [-0.2, -0.15) is 0 Å². The average Bonchev–Trinajstić information content (AvgIpc) is 3.01. The Labute approximate surface area is 141 Å². The van der Waals surface area contributed by atoms with Gasteiger partial charge in [0.25, 0.3) is 0 Å². The molecular formula is C17H24N4O3. The molecule has 3 rings (SSSR count). The number of benzene rings is 1. The van der Waals surface area contributed by atoms with Crippen LogP contribution in [-0.4, -0.2) is 49.2 Å². The molecule has 0 bridgehead atoms. The number of hydrogen-bond acceptors (Lipinski definition) is 3. The van der Waals surface area contributed by atoms with E-state index < -0.39 is 6.03 Å². The molecule has 4 amide bonds. The van der Waals surface area contributed by atoms with Crippen LogP contribution >= 0.6 is 0 Å². The van der Waals surface area contributed by atoms with Gasteiger partial charge in [0.1, 0.15) is 11.9 Å². The maximum absolute atomic E-state index is 12.4. The highest BCUT2D eigenvalue weighted by Crippen LogP contribution is 2.27. The van der Waals surface area contributed by atoms with Crippen LogP contribution in [0.5, 0.6) is 5.75 Å². The molecule has 1 aromatic carbocycles. The highest BCUT2D eigenvalue weighted by Gasteiger charge is 2.26. The van der Waals surface area contributed by atoms with Crippen LogP contribution in [0.3, 0.4) is 0 Å². The minimum atomic E-state index is -0.519. The number of primary amides is 1. The summed E-state index contributed by atoms with van der Waals surface area (Å²) in [5.74, 6) is 1.16. The standard InChI is InChI=1S/C17H24N4O3/c18-16(22)19-9-12-4-3-7-21(11-12)17(23)20-10-14-8-13-5-1-2-6-15(13)24-14/h1-2,5-6,12,14H,3-4,7-11H2,(H,20,23)(H3,18,19,22)/t12-,14-/m0/s1. The van der Waals surface area contributed by atoms with Crippen molar-refractivity contribution in [2.75, 3.05) is 26.2 Å². The molecule has 0 aromatic heterocycles. The minimum Gasteiger partial charge on any atom is -0.488 e. The number of para-hydroxylation sites is 1. The predicted octanol–water partition coefficient (Wildman–Crippen LogP) is 1.08. The fourth-order valence-corrected chi connectivity index (χ4v) is 3.34. The Morgan fingerprint density at radius 1 is 1.25 bits per heavy atom. The number of nitrogens with zero attached hydrogens (tertiary/aromatic N) is 1. The van der Waals surface area contributed by atoms with Crippen molar-refractivity contribution >= 4 is 12.1 Å². The summed E-state index contributed by atoms with van der Waals surface area (Å²) in [6.45, 7) is 2.39. The number of ether oxygens (including phenoxy) is 1. The topological polar surface area (TPSA) is 96.7 Å². The van der Waals surface area contributed by atoms with Crippen molar-refractivity contribution in [1.29, 1.82) is 0 Å². The van der Waals surface area contributed by atoms with Crippen LogP contribution in [0.2, 0.25) is 0 Å². The first kappa shape index (κ1) is 16.4. The van der Waals surface area contributed by atoms with Gasteiger partial charge in [-0.1, -0.05) is 18.2 Å². The van der Waals surface area contributed by atoms with E-state index in [-0.39, 0.29) is 18.1 Å². The molecule has 1 saturated heterocycles. The number of amides is 4. The minimum absolute atomic E-state index is 0.0107. The Morgan fingerprint density at radius 3 is 2.88 bits per heavy atom. The molecule has 2 aliphatic rings. The van der Waals surface area contributed by atoms with Gasteiger partial charge in [0.2, 0.25) is 0 Å². The van der Waals surface area contributed by atoms with Gasteiger partial charge in [0.15, 0.2) is 0 Å². The molecule has 7 heteroatoms. The smallest absolute Gasteiger partial charge is 0.317 e. The molecule has 2 atom stereocenters. The van der Waals surface area contributed by atoms with Gasteiger partial charge in [-0.05, 0) is 30.4 Å². The number of hydrogen-bond donors (Lipinski definition) is 3. The zero-order chi connectivity index (χ0) is 16.9. The van der Waals surface area contributed by atoms with Gasteiger partial charge in [0, 0.05) is 26.1 Å². The Bertz CT molecular complexity index is 582. The monoisotopic (exact) mass is 332 g/mol. The van der Waals surface area contributed by atoms with Crippen LogP contribution in [0.1, 0.15) is 18.4 Å². The van der Waals surface area contributed by atoms with E-state index in [1.54, 1.807) is 4.90 Å². The summed E-state index contributed by atoms with van der Waals surface area (Å²) in [7, 11) is 0. The van der Waals surface area contributed by atoms with Crippen molar-refractivity contribution in [1.82, 2.24) is 15.5 Å². The number of fused-ring (bicyclic) bond motifs is 1. The molecule has 130 valence electrons. The molecule has 2 aliphatic heterocycles. The summed E-state index contributed by atoms with van der Waals surface area (Å²) < 4.78 is 5.84. The van der Waals surface area contributed by atoms with Gasteiger partial charge in [0.05, 0.1) is 6.54 Å². The number of rotatable bonds is 4. The molecule has 1 fully saturated rings. The largest absolute Gasteiger partial charge is 0.488 e. The first-order chi connectivity index (χ1) is 11.6. The fourth-order valence-electron chi connectivity index (χ4n) is 3.34. The van der Waals surface area contributed by atoms with E-state index in [2.05, 4.69) is 16.7 Å². The molecule has 2 heterocycles. The van der Waals surface area contributed by atoms with E-state index in [0.29, 0.717) is 19.6 Å². The zero-order valence-electron chi connectivity index (χ0n) is 13.7. The molecule has 0 saturated carbocycles. The molecule has 0 radical (unpaired) electrons. The van der Waals surface area contributed by atoms with Crippen molar-refractivity contribution in [3.63, 3.8) is 0 Å². The van der Waals surface area contributed by atoms with Crippen molar-refractivity contribution in [3.05, 3.63) is 29.8 Å². The summed E-state index contributed by atoms with van der Waals surface area (Å²) in [5, 5.41) is 5.59. The summed E-state index contributed by atoms with van der Waals surface area (Å²) in [6.07, 6.45) is 2.74. The number of nitrogens with one attached hydrogen (secondary N) is 2. The molecule has 4 N–H and O–H groups in total. The summed E-state index contributed by atoms with van der Waals surface area (Å²) >= 11 is 0. The molecule has 7 nitrogen and oxygen atoms in total. The Balaban J connectivity index is 1.43. The highest BCUT2D eigenvalue weighted by molar-refractivity contribution is 5.74. The molecule has 24 heavy (non-hydrogen) atoms. The number of nitrogens with two attached hydrogens (primary N) is 1. The lowest BCUT2D eigenvalue weighted by Gasteiger charge is -2.33. The van der Waals surface area contributed by atoms with E-state index >= 15 is 0 Å². The SMILES string of the molecule is NC(=O)NC[C@@H]1CCCN(C(=O)NC[C@@H]2Cc3ccccc3O2)C1. The lowest BCUT2D eigenvalue weighted by molar-refractivity contribution is 0.158. The van der Waals surface area contributed by atoms with E-state index in [1.165, 1.54) is 5.56 Å². The van der Waals surface area contributed by atoms with Crippen LogP contribution in [-0.2, 0) is 6.42 Å². The van der Waals surface area contributed by atoms with E-state index in [4.69, 9.17) is 10.5 Å². The van der Waals surface area contributed by atoms with E-state index in [0.717, 1.165) is 31.6 Å². The Kier molecular flexibility index (Phi) is 5.08. The Morgan fingerprint density at radius 2 is 2.08 bits per heavy atom. The van der Waals surface area contributed by atoms with E-state index in [1.807, 2.05) is 18.2 Å². The third kappa shape index (κ3) is 4.10. The fraction of sp³-hybridized carbons (Fsp3) is 0.529. The quantitative estimate of drug-likeness (QED) is 0.770. The molecule has 0 spiro atoms. The summed E-state index contributed by atoms with van der Waals surface area (Å²) in [4.78, 5) is 25.0. The first-order valence-corrected chi connectivity index (χ1v) is 8.42. The maximum atomic E-state index is 12.4. The maximum Gasteiger partial charge on any atom is 0.317 e. The van der Waals surface area contributed by atoms with Crippen LogP contribution in [0.25, 0.3) is 0 Å². The van der Waals surface area contributed by atoms with Gasteiger partial charge in [-0.25, -0.2) is 9.59 Å². The van der Waals surface area contributed by atoms with Crippen LogP contribution in [0, 0.1) is 5.92 Å².